The third-order valence-electron chi connectivity index (χ3n) is 5.79. The molecule has 1 heterocycles. The topological polar surface area (TPSA) is 72.6 Å². The number of carbonyl (C=O) groups excluding carboxylic acids is 2. The summed E-state index contributed by atoms with van der Waals surface area (Å²) in [6.07, 6.45) is 2.51. The van der Waals surface area contributed by atoms with Crippen molar-refractivity contribution in [3.63, 3.8) is 0 Å². The van der Waals surface area contributed by atoms with E-state index in [1.807, 2.05) is 42.2 Å². The number of benzene rings is 2. The molecule has 1 aliphatic rings. The number of likely N-dealkylation sites (tertiary alicyclic amines) is 1. The predicted octanol–water partition coefficient (Wildman–Crippen LogP) is 4.40. The lowest BCUT2D eigenvalue weighted by atomic mass is 9.77. The maximum Gasteiger partial charge on any atom is 0.230 e. The number of halogens is 1. The molecular weight excluding hydrogens is 400 g/mol. The number of piperidine rings is 1. The molecule has 30 heavy (non-hydrogen) atoms. The first-order valence-corrected chi connectivity index (χ1v) is 10.8. The van der Waals surface area contributed by atoms with Crippen LogP contribution in [0.2, 0.25) is 5.02 Å². The molecule has 0 unspecified atom stereocenters. The van der Waals surface area contributed by atoms with E-state index in [-0.39, 0.29) is 24.2 Å². The van der Waals surface area contributed by atoms with Gasteiger partial charge in [-0.1, -0.05) is 48.9 Å². The molecule has 2 aromatic carbocycles. The van der Waals surface area contributed by atoms with Crippen molar-refractivity contribution in [3.05, 3.63) is 65.2 Å². The van der Waals surface area contributed by atoms with E-state index in [1.165, 1.54) is 0 Å². The molecule has 3 rings (SSSR count). The zero-order chi connectivity index (χ0) is 21.6. The Morgan fingerprint density at radius 3 is 2.50 bits per heavy atom. The highest BCUT2D eigenvalue weighted by atomic mass is 35.5. The number of amides is 2. The van der Waals surface area contributed by atoms with E-state index in [1.54, 1.807) is 24.3 Å². The third-order valence-corrected chi connectivity index (χ3v) is 6.04. The van der Waals surface area contributed by atoms with Crippen molar-refractivity contribution >= 4 is 23.4 Å². The van der Waals surface area contributed by atoms with Gasteiger partial charge < -0.3 is 15.4 Å². The first-order valence-electron chi connectivity index (χ1n) is 10.4. The SMILES string of the molecule is CC[C@H](C(=O)N1CCC[C@@](COc2ccc(Cl)cc2)(CC(N)=O)C1)c1ccccc1. The molecular formula is C24H29ClN2O3. The van der Waals surface area contributed by atoms with Gasteiger partial charge in [-0.2, -0.15) is 0 Å². The fourth-order valence-electron chi connectivity index (χ4n) is 4.30. The van der Waals surface area contributed by atoms with Crippen LogP contribution in [0.25, 0.3) is 0 Å². The van der Waals surface area contributed by atoms with Gasteiger partial charge in [-0.3, -0.25) is 9.59 Å². The van der Waals surface area contributed by atoms with E-state index in [9.17, 15) is 9.59 Å². The van der Waals surface area contributed by atoms with Gasteiger partial charge in [0.15, 0.2) is 0 Å². The molecule has 160 valence electrons. The van der Waals surface area contributed by atoms with Gasteiger partial charge in [0.1, 0.15) is 5.75 Å². The van der Waals surface area contributed by atoms with E-state index in [0.29, 0.717) is 30.5 Å². The lowest BCUT2D eigenvalue weighted by Gasteiger charge is -2.43. The van der Waals surface area contributed by atoms with Crippen LogP contribution >= 0.6 is 11.6 Å². The number of rotatable bonds is 8. The zero-order valence-corrected chi connectivity index (χ0v) is 18.1. The number of hydrogen-bond donors (Lipinski definition) is 1. The molecule has 1 saturated heterocycles. The molecule has 2 N–H and O–H groups in total. The molecule has 0 radical (unpaired) electrons. The van der Waals surface area contributed by atoms with Crippen LogP contribution in [0.3, 0.4) is 0 Å². The average Bonchev–Trinajstić information content (AvgIpc) is 2.74. The van der Waals surface area contributed by atoms with E-state index in [4.69, 9.17) is 22.1 Å². The van der Waals surface area contributed by atoms with Crippen LogP contribution in [0.5, 0.6) is 5.75 Å². The lowest BCUT2D eigenvalue weighted by Crippen LogP contribution is -2.51. The smallest absolute Gasteiger partial charge is 0.230 e. The lowest BCUT2D eigenvalue weighted by molar-refractivity contribution is -0.139. The maximum atomic E-state index is 13.4. The molecule has 0 aromatic heterocycles. The summed E-state index contributed by atoms with van der Waals surface area (Å²) in [6, 6.07) is 17.0. The Kier molecular flexibility index (Phi) is 7.38. The van der Waals surface area contributed by atoms with Crippen LogP contribution in [0, 0.1) is 5.41 Å². The summed E-state index contributed by atoms with van der Waals surface area (Å²) >= 11 is 5.94. The van der Waals surface area contributed by atoms with Crippen LogP contribution in [-0.2, 0) is 9.59 Å². The Hall–Kier alpha value is -2.53. The van der Waals surface area contributed by atoms with Gasteiger partial charge in [-0.05, 0) is 49.1 Å². The molecule has 1 aliphatic heterocycles. The molecule has 2 atom stereocenters. The van der Waals surface area contributed by atoms with E-state index < -0.39 is 5.41 Å². The molecule has 0 bridgehead atoms. The van der Waals surface area contributed by atoms with Crippen molar-refractivity contribution in [1.82, 2.24) is 4.90 Å². The number of primary amides is 1. The van der Waals surface area contributed by atoms with Crippen molar-refractivity contribution in [2.24, 2.45) is 11.1 Å². The molecule has 6 heteroatoms. The third kappa shape index (κ3) is 5.54. The van der Waals surface area contributed by atoms with Crippen LogP contribution < -0.4 is 10.5 Å². The number of ether oxygens (including phenoxy) is 1. The zero-order valence-electron chi connectivity index (χ0n) is 17.4. The summed E-state index contributed by atoms with van der Waals surface area (Å²) in [5.74, 6) is 0.220. The van der Waals surface area contributed by atoms with Crippen molar-refractivity contribution in [3.8, 4) is 5.75 Å². The second-order valence-corrected chi connectivity index (χ2v) is 8.56. The maximum absolute atomic E-state index is 13.4. The highest BCUT2D eigenvalue weighted by molar-refractivity contribution is 6.30. The van der Waals surface area contributed by atoms with Gasteiger partial charge in [0.2, 0.25) is 11.8 Å². The number of carbonyl (C=O) groups is 2. The minimum atomic E-state index is -0.492. The fourth-order valence-corrected chi connectivity index (χ4v) is 4.43. The Labute approximate surface area is 183 Å². The summed E-state index contributed by atoms with van der Waals surface area (Å²) in [4.78, 5) is 27.1. The Balaban J connectivity index is 1.76. The molecule has 0 saturated carbocycles. The van der Waals surface area contributed by atoms with Gasteiger partial charge in [0.25, 0.3) is 0 Å². The average molecular weight is 429 g/mol. The molecule has 2 aromatic rings. The monoisotopic (exact) mass is 428 g/mol. The summed E-state index contributed by atoms with van der Waals surface area (Å²) in [5.41, 5.74) is 6.11. The highest BCUT2D eigenvalue weighted by Crippen LogP contribution is 2.36. The van der Waals surface area contributed by atoms with Crippen LogP contribution in [0.1, 0.15) is 44.1 Å². The first kappa shape index (κ1) is 22.2. The molecule has 2 amide bonds. The van der Waals surface area contributed by atoms with Crippen LogP contribution in [0.15, 0.2) is 54.6 Å². The molecule has 0 aliphatic carbocycles. The van der Waals surface area contributed by atoms with Crippen molar-refractivity contribution in [1.29, 1.82) is 0 Å². The van der Waals surface area contributed by atoms with Gasteiger partial charge >= 0.3 is 0 Å². The predicted molar refractivity (Wildman–Crippen MR) is 118 cm³/mol. The minimum Gasteiger partial charge on any atom is -0.493 e. The van der Waals surface area contributed by atoms with Crippen molar-refractivity contribution in [2.75, 3.05) is 19.7 Å². The van der Waals surface area contributed by atoms with E-state index in [0.717, 1.165) is 24.8 Å². The first-order chi connectivity index (χ1) is 14.4. The summed E-state index contributed by atoms with van der Waals surface area (Å²) in [5, 5.41) is 0.634. The fraction of sp³-hybridized carbons (Fsp3) is 0.417. The Bertz CT molecular complexity index is 857. The number of hydrogen-bond acceptors (Lipinski definition) is 3. The van der Waals surface area contributed by atoms with Gasteiger partial charge in [0, 0.05) is 29.9 Å². The van der Waals surface area contributed by atoms with Gasteiger partial charge in [0.05, 0.1) is 12.5 Å². The van der Waals surface area contributed by atoms with Crippen LogP contribution in [0.4, 0.5) is 0 Å². The molecule has 5 nitrogen and oxygen atoms in total. The standard InChI is InChI=1S/C24H29ClN2O3/c1-2-21(18-7-4-3-5-8-18)23(29)27-14-6-13-24(16-27,15-22(26)28)17-30-20-11-9-19(25)10-12-20/h3-5,7-12,21H,2,6,13-17H2,1H3,(H2,26,28)/t21-,24+/m0/s1. The summed E-state index contributed by atoms with van der Waals surface area (Å²) in [6.45, 7) is 3.50. The second-order valence-electron chi connectivity index (χ2n) is 8.12. The summed E-state index contributed by atoms with van der Waals surface area (Å²) < 4.78 is 6.00. The van der Waals surface area contributed by atoms with Crippen molar-refractivity contribution in [2.45, 2.75) is 38.5 Å². The summed E-state index contributed by atoms with van der Waals surface area (Å²) in [7, 11) is 0. The van der Waals surface area contributed by atoms with Gasteiger partial charge in [-0.15, -0.1) is 0 Å². The molecule has 1 fully saturated rings. The second kappa shape index (κ2) is 9.98. The normalized spacial score (nSPS) is 19.9. The van der Waals surface area contributed by atoms with E-state index >= 15 is 0 Å². The van der Waals surface area contributed by atoms with Gasteiger partial charge in [-0.25, -0.2) is 0 Å². The number of nitrogens with two attached hydrogens (primary N) is 1. The highest BCUT2D eigenvalue weighted by Gasteiger charge is 2.40. The van der Waals surface area contributed by atoms with Crippen LogP contribution in [-0.4, -0.2) is 36.4 Å². The molecule has 0 spiro atoms. The van der Waals surface area contributed by atoms with E-state index in [2.05, 4.69) is 0 Å². The quantitative estimate of drug-likeness (QED) is 0.677. The Morgan fingerprint density at radius 1 is 1.17 bits per heavy atom. The minimum absolute atomic E-state index is 0.101. The number of nitrogens with zero attached hydrogens (tertiary/aromatic N) is 1. The largest absolute Gasteiger partial charge is 0.493 e. The Morgan fingerprint density at radius 2 is 1.87 bits per heavy atom. The van der Waals surface area contributed by atoms with Crippen molar-refractivity contribution < 1.29 is 14.3 Å².